The van der Waals surface area contributed by atoms with Crippen LogP contribution in [0.1, 0.15) is 38.2 Å². The fourth-order valence-electron chi connectivity index (χ4n) is 3.09. The molecule has 1 fully saturated rings. The van der Waals surface area contributed by atoms with Crippen LogP contribution in [0.15, 0.2) is 15.8 Å². The predicted molar refractivity (Wildman–Crippen MR) is 79.8 cm³/mol. The summed E-state index contributed by atoms with van der Waals surface area (Å²) >= 11 is 0. The number of hydrogen-bond donors (Lipinski definition) is 1. The number of hydrogen-bond acceptors (Lipinski definition) is 3. The first-order valence-electron chi connectivity index (χ1n) is 7.47. The summed E-state index contributed by atoms with van der Waals surface area (Å²) in [7, 11) is 3.20. The molecule has 5 heteroatoms. The van der Waals surface area contributed by atoms with Crippen molar-refractivity contribution < 1.29 is 0 Å². The van der Waals surface area contributed by atoms with E-state index < -0.39 is 0 Å². The van der Waals surface area contributed by atoms with Gasteiger partial charge in [-0.25, -0.2) is 4.79 Å². The maximum absolute atomic E-state index is 12.0. The van der Waals surface area contributed by atoms with Gasteiger partial charge < -0.3 is 9.88 Å². The molecule has 0 spiro atoms. The number of nitrogens with one attached hydrogen (secondary N) is 1. The van der Waals surface area contributed by atoms with Crippen molar-refractivity contribution in [2.45, 2.75) is 39.2 Å². The minimum atomic E-state index is -0.278. The summed E-state index contributed by atoms with van der Waals surface area (Å²) in [6, 6.07) is 0. The van der Waals surface area contributed by atoms with Crippen LogP contribution in [-0.2, 0) is 20.6 Å². The van der Waals surface area contributed by atoms with Crippen LogP contribution in [0.4, 0.5) is 0 Å². The van der Waals surface area contributed by atoms with Gasteiger partial charge in [-0.1, -0.05) is 26.2 Å². The summed E-state index contributed by atoms with van der Waals surface area (Å²) in [5.41, 5.74) is 0.176. The Morgan fingerprint density at radius 1 is 1.25 bits per heavy atom. The molecule has 1 aliphatic carbocycles. The van der Waals surface area contributed by atoms with E-state index in [0.717, 1.165) is 12.5 Å². The highest BCUT2D eigenvalue weighted by Crippen LogP contribution is 2.28. The molecule has 2 unspecified atom stereocenters. The van der Waals surface area contributed by atoms with Crippen LogP contribution in [-0.4, -0.2) is 15.7 Å². The van der Waals surface area contributed by atoms with E-state index in [-0.39, 0.29) is 11.2 Å². The second-order valence-electron chi connectivity index (χ2n) is 6.06. The van der Waals surface area contributed by atoms with Crippen LogP contribution in [0, 0.1) is 11.8 Å². The molecule has 0 saturated heterocycles. The molecule has 1 aliphatic rings. The lowest BCUT2D eigenvalue weighted by Gasteiger charge is -2.28. The Morgan fingerprint density at radius 3 is 2.65 bits per heavy atom. The van der Waals surface area contributed by atoms with Gasteiger partial charge in [0.1, 0.15) is 0 Å². The van der Waals surface area contributed by atoms with Crippen LogP contribution < -0.4 is 16.6 Å². The molecule has 0 aromatic carbocycles. The summed E-state index contributed by atoms with van der Waals surface area (Å²) < 4.78 is 2.63. The number of rotatable bonds is 4. The first-order valence-corrected chi connectivity index (χ1v) is 7.47. The molecule has 0 bridgehead atoms. The minimum absolute atomic E-state index is 0.197. The van der Waals surface area contributed by atoms with Gasteiger partial charge in [-0.15, -0.1) is 0 Å². The molecule has 1 N–H and O–H groups in total. The molecule has 2 atom stereocenters. The number of aromatic nitrogens is 2. The van der Waals surface area contributed by atoms with E-state index in [0.29, 0.717) is 18.0 Å². The standard InChI is InChI=1S/C15H25N3O2/c1-11-6-4-5-7-12(11)8-16-9-13-10-17(2)15(20)18(3)14(13)19/h10-12,16H,4-9H2,1-3H3. The highest BCUT2D eigenvalue weighted by Gasteiger charge is 2.20. The molecular weight excluding hydrogens is 254 g/mol. The van der Waals surface area contributed by atoms with Crippen molar-refractivity contribution in [3.63, 3.8) is 0 Å². The van der Waals surface area contributed by atoms with Crippen LogP contribution in [0.5, 0.6) is 0 Å². The molecule has 0 amide bonds. The Hall–Kier alpha value is -1.36. The zero-order valence-corrected chi connectivity index (χ0v) is 12.7. The average molecular weight is 279 g/mol. The van der Waals surface area contributed by atoms with Crippen molar-refractivity contribution in [1.29, 1.82) is 0 Å². The Bertz CT molecular complexity index is 573. The number of nitrogens with zero attached hydrogens (tertiary/aromatic N) is 2. The predicted octanol–water partition coefficient (Wildman–Crippen LogP) is 1.000. The maximum atomic E-state index is 12.0. The quantitative estimate of drug-likeness (QED) is 0.894. The number of aryl methyl sites for hydroxylation is 1. The third-order valence-electron chi connectivity index (χ3n) is 4.53. The summed E-state index contributed by atoms with van der Waals surface area (Å²) in [6.45, 7) is 3.80. The van der Waals surface area contributed by atoms with Gasteiger partial charge in [0, 0.05) is 32.4 Å². The summed E-state index contributed by atoms with van der Waals surface area (Å²) in [5, 5.41) is 3.39. The van der Waals surface area contributed by atoms with Crippen molar-refractivity contribution in [2.75, 3.05) is 6.54 Å². The third-order valence-corrected chi connectivity index (χ3v) is 4.53. The van der Waals surface area contributed by atoms with Gasteiger partial charge in [-0.3, -0.25) is 9.36 Å². The lowest BCUT2D eigenvalue weighted by molar-refractivity contribution is 0.247. The van der Waals surface area contributed by atoms with Gasteiger partial charge in [0.15, 0.2) is 0 Å². The second-order valence-corrected chi connectivity index (χ2v) is 6.06. The fraction of sp³-hybridized carbons (Fsp3) is 0.733. The SMILES string of the molecule is CC1CCCCC1CNCc1cn(C)c(=O)n(C)c1=O. The molecule has 1 aromatic heterocycles. The van der Waals surface area contributed by atoms with Gasteiger partial charge in [0.2, 0.25) is 0 Å². The Balaban J connectivity index is 1.98. The van der Waals surface area contributed by atoms with Crippen LogP contribution in [0.2, 0.25) is 0 Å². The topological polar surface area (TPSA) is 56.0 Å². The molecule has 5 nitrogen and oxygen atoms in total. The molecule has 0 radical (unpaired) electrons. The van der Waals surface area contributed by atoms with E-state index in [1.807, 2.05) is 0 Å². The smallest absolute Gasteiger partial charge is 0.312 e. The maximum Gasteiger partial charge on any atom is 0.330 e. The van der Waals surface area contributed by atoms with E-state index >= 15 is 0 Å². The van der Waals surface area contributed by atoms with E-state index in [1.54, 1.807) is 13.2 Å². The normalized spacial score (nSPS) is 22.9. The molecular formula is C15H25N3O2. The van der Waals surface area contributed by atoms with Crippen molar-refractivity contribution in [3.8, 4) is 0 Å². The molecule has 0 aliphatic heterocycles. The van der Waals surface area contributed by atoms with E-state index in [9.17, 15) is 9.59 Å². The van der Waals surface area contributed by atoms with Crippen molar-refractivity contribution in [1.82, 2.24) is 14.5 Å². The highest BCUT2D eigenvalue weighted by molar-refractivity contribution is 5.05. The van der Waals surface area contributed by atoms with Gasteiger partial charge in [0.25, 0.3) is 5.56 Å². The molecule has 1 aromatic rings. The summed E-state index contributed by atoms with van der Waals surface area (Å²) in [4.78, 5) is 23.6. The molecule has 112 valence electrons. The molecule has 20 heavy (non-hydrogen) atoms. The molecule has 1 heterocycles. The summed E-state index contributed by atoms with van der Waals surface area (Å²) in [5.74, 6) is 1.47. The third kappa shape index (κ3) is 3.20. The Labute approximate surface area is 119 Å². The highest BCUT2D eigenvalue weighted by atomic mass is 16.2. The van der Waals surface area contributed by atoms with Crippen molar-refractivity contribution in [3.05, 3.63) is 32.6 Å². The first-order chi connectivity index (χ1) is 9.50. The Morgan fingerprint density at radius 2 is 1.95 bits per heavy atom. The van der Waals surface area contributed by atoms with Gasteiger partial charge in [-0.05, 0) is 24.8 Å². The van der Waals surface area contributed by atoms with E-state index in [4.69, 9.17) is 0 Å². The van der Waals surface area contributed by atoms with Crippen LogP contribution >= 0.6 is 0 Å². The van der Waals surface area contributed by atoms with Crippen LogP contribution in [0.25, 0.3) is 0 Å². The van der Waals surface area contributed by atoms with Crippen molar-refractivity contribution >= 4 is 0 Å². The Kier molecular flexibility index (Phi) is 4.81. The largest absolute Gasteiger partial charge is 0.330 e. The van der Waals surface area contributed by atoms with E-state index in [1.165, 1.54) is 41.9 Å². The monoisotopic (exact) mass is 279 g/mol. The minimum Gasteiger partial charge on any atom is -0.312 e. The van der Waals surface area contributed by atoms with E-state index in [2.05, 4.69) is 12.2 Å². The van der Waals surface area contributed by atoms with Gasteiger partial charge in [0.05, 0.1) is 0 Å². The zero-order chi connectivity index (χ0) is 14.7. The second kappa shape index (κ2) is 6.39. The van der Waals surface area contributed by atoms with Gasteiger partial charge in [-0.2, -0.15) is 0 Å². The molecule has 2 rings (SSSR count). The summed E-state index contributed by atoms with van der Waals surface area (Å²) in [6.07, 6.45) is 6.90. The zero-order valence-electron chi connectivity index (χ0n) is 12.7. The first kappa shape index (κ1) is 15.0. The van der Waals surface area contributed by atoms with Crippen molar-refractivity contribution in [2.24, 2.45) is 25.9 Å². The average Bonchev–Trinajstić information content (AvgIpc) is 2.44. The van der Waals surface area contributed by atoms with Gasteiger partial charge >= 0.3 is 5.69 Å². The lowest BCUT2D eigenvalue weighted by atomic mass is 9.80. The lowest BCUT2D eigenvalue weighted by Crippen LogP contribution is -2.40. The fourth-order valence-corrected chi connectivity index (χ4v) is 3.09. The molecule has 1 saturated carbocycles. The van der Waals surface area contributed by atoms with Crippen LogP contribution in [0.3, 0.4) is 0 Å².